The number of oxazole rings is 1. The van der Waals surface area contributed by atoms with E-state index in [4.69, 9.17) is 9.15 Å². The van der Waals surface area contributed by atoms with Crippen molar-refractivity contribution < 1.29 is 22.3 Å². The van der Waals surface area contributed by atoms with Crippen LogP contribution in [-0.2, 0) is 10.9 Å². The maximum Gasteiger partial charge on any atom is 0.417 e. The van der Waals surface area contributed by atoms with E-state index in [1.54, 1.807) is 12.1 Å². The van der Waals surface area contributed by atoms with Gasteiger partial charge in [-0.1, -0.05) is 0 Å². The molecule has 1 unspecified atom stereocenters. The number of nitrogens with one attached hydrogen (secondary N) is 2. The van der Waals surface area contributed by atoms with Crippen molar-refractivity contribution in [1.29, 1.82) is 0 Å². The number of H-pyrrole nitrogens is 1. The van der Waals surface area contributed by atoms with Gasteiger partial charge in [-0.25, -0.2) is 9.78 Å². The molecule has 2 atom stereocenters. The Bertz CT molecular complexity index is 1130. The topological polar surface area (TPSA) is 86.7 Å². The van der Waals surface area contributed by atoms with Crippen LogP contribution in [0.3, 0.4) is 0 Å². The van der Waals surface area contributed by atoms with Crippen molar-refractivity contribution >= 4 is 22.6 Å². The lowest BCUT2D eigenvalue weighted by molar-refractivity contribution is -0.137. The number of halogens is 3. The number of fused-ring (bicyclic) bond motifs is 1. The fraction of sp³-hybridized carbons (Fsp3) is 0.429. The monoisotopic (exact) mass is 434 g/mol. The molecule has 3 aromatic rings. The van der Waals surface area contributed by atoms with Crippen molar-refractivity contribution in [2.45, 2.75) is 37.8 Å². The number of anilines is 2. The van der Waals surface area contributed by atoms with Crippen LogP contribution in [0.25, 0.3) is 11.1 Å². The van der Waals surface area contributed by atoms with Crippen LogP contribution < -0.4 is 16.0 Å². The number of nitrogens with zero attached hydrogens (tertiary/aromatic N) is 2. The minimum Gasteiger partial charge on any atom is -0.408 e. The average Bonchev–Trinajstić information content (AvgIpc) is 3.34. The maximum absolute atomic E-state index is 12.9. The number of alkyl halides is 3. The third-order valence-electron chi connectivity index (χ3n) is 5.89. The van der Waals surface area contributed by atoms with E-state index in [-0.39, 0.29) is 12.3 Å². The summed E-state index contributed by atoms with van der Waals surface area (Å²) in [6.45, 7) is 1.35. The predicted molar refractivity (Wildman–Crippen MR) is 108 cm³/mol. The summed E-state index contributed by atoms with van der Waals surface area (Å²) in [5.41, 5.74) is 1.28. The molecule has 2 aliphatic rings. The van der Waals surface area contributed by atoms with Crippen molar-refractivity contribution in [3.63, 3.8) is 0 Å². The van der Waals surface area contributed by atoms with Gasteiger partial charge in [0.1, 0.15) is 11.9 Å². The normalized spacial score (nSPS) is 22.1. The summed E-state index contributed by atoms with van der Waals surface area (Å²) in [7, 11) is 0. The maximum atomic E-state index is 12.9. The molecule has 0 bridgehead atoms. The summed E-state index contributed by atoms with van der Waals surface area (Å²) in [5, 5.41) is 3.29. The lowest BCUT2D eigenvalue weighted by Gasteiger charge is -2.32. The summed E-state index contributed by atoms with van der Waals surface area (Å²) < 4.78 is 49.6. The molecule has 164 valence electrons. The van der Waals surface area contributed by atoms with Crippen LogP contribution >= 0.6 is 0 Å². The number of ether oxygens (including phenoxy) is 1. The summed E-state index contributed by atoms with van der Waals surface area (Å²) in [5.74, 6) is 0.339. The second-order valence-corrected chi connectivity index (χ2v) is 8.03. The van der Waals surface area contributed by atoms with Gasteiger partial charge in [0.15, 0.2) is 11.8 Å². The van der Waals surface area contributed by atoms with E-state index >= 15 is 0 Å². The minimum absolute atomic E-state index is 0.0914. The van der Waals surface area contributed by atoms with E-state index in [0.29, 0.717) is 35.9 Å². The average molecular weight is 434 g/mol. The number of hydrogen-bond acceptors (Lipinski definition) is 6. The number of pyridine rings is 1. The van der Waals surface area contributed by atoms with Gasteiger partial charge in [-0.3, -0.25) is 4.98 Å². The molecule has 2 aliphatic heterocycles. The molecule has 4 heterocycles. The second-order valence-electron chi connectivity index (χ2n) is 8.03. The Morgan fingerprint density at radius 3 is 2.77 bits per heavy atom. The van der Waals surface area contributed by atoms with Crippen LogP contribution in [0.2, 0.25) is 0 Å². The lowest BCUT2D eigenvalue weighted by atomic mass is 9.92. The van der Waals surface area contributed by atoms with Crippen LogP contribution in [0.4, 0.5) is 24.7 Å². The van der Waals surface area contributed by atoms with Crippen LogP contribution in [0.1, 0.15) is 24.8 Å². The Hall–Kier alpha value is -3.01. The van der Waals surface area contributed by atoms with Crippen molar-refractivity contribution in [1.82, 2.24) is 9.97 Å². The number of epoxide rings is 1. The van der Waals surface area contributed by atoms with E-state index in [0.717, 1.165) is 37.1 Å². The molecule has 1 aromatic carbocycles. The Labute approximate surface area is 175 Å². The molecule has 0 spiro atoms. The van der Waals surface area contributed by atoms with Crippen LogP contribution in [0.5, 0.6) is 0 Å². The molecule has 2 fully saturated rings. The third-order valence-corrected chi connectivity index (χ3v) is 5.89. The van der Waals surface area contributed by atoms with Gasteiger partial charge < -0.3 is 19.4 Å². The first-order chi connectivity index (χ1) is 14.8. The minimum atomic E-state index is -4.36. The highest BCUT2D eigenvalue weighted by Crippen LogP contribution is 2.35. The Morgan fingerprint density at radius 1 is 1.19 bits per heavy atom. The molecule has 5 rings (SSSR count). The number of piperidine rings is 1. The second kappa shape index (κ2) is 7.60. The summed E-state index contributed by atoms with van der Waals surface area (Å²) >= 11 is 0. The Morgan fingerprint density at radius 2 is 2.00 bits per heavy atom. The quantitative estimate of drug-likeness (QED) is 0.591. The molecule has 2 N–H and O–H groups in total. The van der Waals surface area contributed by atoms with Gasteiger partial charge in [-0.15, -0.1) is 0 Å². The number of benzene rings is 1. The summed E-state index contributed by atoms with van der Waals surface area (Å²) in [4.78, 5) is 19.9. The molecule has 0 amide bonds. The highest BCUT2D eigenvalue weighted by molar-refractivity contribution is 5.76. The number of aromatic amines is 1. The van der Waals surface area contributed by atoms with Gasteiger partial charge >= 0.3 is 11.9 Å². The zero-order valence-electron chi connectivity index (χ0n) is 16.5. The first-order valence-corrected chi connectivity index (χ1v) is 10.2. The summed E-state index contributed by atoms with van der Waals surface area (Å²) in [6, 6.07) is 7.50. The first kappa shape index (κ1) is 19.9. The van der Waals surface area contributed by atoms with E-state index in [2.05, 4.69) is 15.3 Å². The van der Waals surface area contributed by atoms with Crippen molar-refractivity contribution in [2.75, 3.05) is 23.3 Å². The number of rotatable bonds is 5. The van der Waals surface area contributed by atoms with Gasteiger partial charge in [-0.2, -0.15) is 13.2 Å². The number of hydrogen-bond donors (Lipinski definition) is 2. The fourth-order valence-electron chi connectivity index (χ4n) is 4.14. The van der Waals surface area contributed by atoms with E-state index in [1.165, 1.54) is 6.20 Å². The van der Waals surface area contributed by atoms with Gasteiger partial charge in [0.05, 0.1) is 11.1 Å². The van der Waals surface area contributed by atoms with Crippen LogP contribution in [0, 0.1) is 5.92 Å². The fourth-order valence-corrected chi connectivity index (χ4v) is 4.14. The highest BCUT2D eigenvalue weighted by Gasteiger charge is 2.41. The van der Waals surface area contributed by atoms with Crippen LogP contribution in [-0.4, -0.2) is 35.4 Å². The molecule has 0 aliphatic carbocycles. The zero-order valence-corrected chi connectivity index (χ0v) is 16.5. The SMILES string of the molecule is O=c1[nH]c2ccc(NC3O[C@@H]3CC3CCN(c4cc(C(F)(F)F)ccn4)CC3)cc2o1. The molecule has 2 saturated heterocycles. The molecular weight excluding hydrogens is 413 g/mol. The first-order valence-electron chi connectivity index (χ1n) is 10.2. The van der Waals surface area contributed by atoms with E-state index in [1.807, 2.05) is 11.0 Å². The van der Waals surface area contributed by atoms with Crippen molar-refractivity contribution in [3.8, 4) is 0 Å². The molecule has 0 radical (unpaired) electrons. The van der Waals surface area contributed by atoms with Gasteiger partial charge in [0.2, 0.25) is 0 Å². The standard InChI is InChI=1S/C21H21F3N4O3/c22-21(23,24)13-3-6-25-18(10-13)28-7-4-12(5-8-28)9-17-19(30-17)26-14-1-2-15-16(11-14)31-20(29)27-15/h1-3,6,10-12,17,19,26H,4-5,7-9H2,(H,27,29)/t17-,19?/m1/s1. The van der Waals surface area contributed by atoms with Gasteiger partial charge in [0, 0.05) is 31.0 Å². The van der Waals surface area contributed by atoms with Gasteiger partial charge in [-0.05, 0) is 49.4 Å². The van der Waals surface area contributed by atoms with E-state index < -0.39 is 17.5 Å². The smallest absolute Gasteiger partial charge is 0.408 e. The lowest BCUT2D eigenvalue weighted by Crippen LogP contribution is -2.35. The molecule has 10 heteroatoms. The molecular formula is C21H21F3N4O3. The highest BCUT2D eigenvalue weighted by atomic mass is 19.4. The van der Waals surface area contributed by atoms with Crippen molar-refractivity contribution in [3.05, 3.63) is 52.6 Å². The zero-order chi connectivity index (χ0) is 21.6. The largest absolute Gasteiger partial charge is 0.417 e. The summed E-state index contributed by atoms with van der Waals surface area (Å²) in [6.07, 6.45) is -0.491. The Kier molecular flexibility index (Phi) is 4.88. The number of aromatic nitrogens is 2. The van der Waals surface area contributed by atoms with Gasteiger partial charge in [0.25, 0.3) is 0 Å². The van der Waals surface area contributed by atoms with Crippen molar-refractivity contribution in [2.24, 2.45) is 5.92 Å². The van der Waals surface area contributed by atoms with Crippen LogP contribution in [0.15, 0.2) is 45.7 Å². The van der Waals surface area contributed by atoms with E-state index in [9.17, 15) is 18.0 Å². The third kappa shape index (κ3) is 4.39. The molecule has 31 heavy (non-hydrogen) atoms. The molecule has 2 aromatic heterocycles. The predicted octanol–water partition coefficient (Wildman–Crippen LogP) is 3.98. The molecule has 0 saturated carbocycles. The molecule has 7 nitrogen and oxygen atoms in total. The Balaban J connectivity index is 1.12.